The van der Waals surface area contributed by atoms with Crippen molar-refractivity contribution in [1.29, 1.82) is 0 Å². The summed E-state index contributed by atoms with van der Waals surface area (Å²) in [5.41, 5.74) is 1.49. The van der Waals surface area contributed by atoms with Gasteiger partial charge in [-0.25, -0.2) is 9.97 Å². The van der Waals surface area contributed by atoms with Crippen LogP contribution in [-0.2, 0) is 0 Å². The number of hydrogen-bond donors (Lipinski definition) is 1. The van der Waals surface area contributed by atoms with Crippen molar-refractivity contribution >= 4 is 5.91 Å². The summed E-state index contributed by atoms with van der Waals surface area (Å²) in [6, 6.07) is 6.85. The van der Waals surface area contributed by atoms with E-state index in [9.17, 15) is 9.59 Å². The van der Waals surface area contributed by atoms with Crippen molar-refractivity contribution in [2.24, 2.45) is 0 Å². The number of H-pyrrole nitrogens is 1. The van der Waals surface area contributed by atoms with Gasteiger partial charge in [-0.2, -0.15) is 0 Å². The fourth-order valence-electron chi connectivity index (χ4n) is 3.26. The highest BCUT2D eigenvalue weighted by atomic mass is 16.2. The second kappa shape index (κ2) is 7.45. The molecule has 136 valence electrons. The average molecular weight is 362 g/mol. The lowest BCUT2D eigenvalue weighted by atomic mass is 9.93. The molecule has 1 amide bonds. The normalized spacial score (nSPS) is 14.9. The zero-order valence-corrected chi connectivity index (χ0v) is 14.6. The van der Waals surface area contributed by atoms with E-state index in [-0.39, 0.29) is 17.4 Å². The molecule has 1 aliphatic rings. The molecule has 4 heterocycles. The predicted molar refractivity (Wildman–Crippen MR) is 98.0 cm³/mol. The number of aromatic nitrogens is 5. The van der Waals surface area contributed by atoms with Crippen LogP contribution in [0.5, 0.6) is 0 Å². The third kappa shape index (κ3) is 3.74. The van der Waals surface area contributed by atoms with E-state index in [2.05, 4.69) is 24.9 Å². The summed E-state index contributed by atoms with van der Waals surface area (Å²) in [5, 5.41) is 0. The zero-order chi connectivity index (χ0) is 18.6. The van der Waals surface area contributed by atoms with Crippen molar-refractivity contribution in [3.63, 3.8) is 0 Å². The van der Waals surface area contributed by atoms with E-state index >= 15 is 0 Å². The molecule has 27 heavy (non-hydrogen) atoms. The van der Waals surface area contributed by atoms with Gasteiger partial charge < -0.3 is 9.88 Å². The van der Waals surface area contributed by atoms with E-state index in [1.54, 1.807) is 47.9 Å². The van der Waals surface area contributed by atoms with Gasteiger partial charge in [-0.05, 0) is 25.0 Å². The first-order valence-electron chi connectivity index (χ1n) is 8.78. The number of hydrogen-bond acceptors (Lipinski definition) is 6. The Balaban J connectivity index is 1.49. The molecular formula is C19H18N6O2. The van der Waals surface area contributed by atoms with E-state index in [4.69, 9.17) is 0 Å². The van der Waals surface area contributed by atoms with Gasteiger partial charge in [0.25, 0.3) is 11.5 Å². The van der Waals surface area contributed by atoms with Crippen LogP contribution in [0, 0.1) is 0 Å². The molecule has 0 radical (unpaired) electrons. The SMILES string of the molecule is O=C(c1ccccn1)N1CCC(c2cc(=O)[nH]c(-c3cnccn3)n2)CC1. The first kappa shape index (κ1) is 17.0. The number of piperidine rings is 1. The lowest BCUT2D eigenvalue weighted by Gasteiger charge is -2.31. The van der Waals surface area contributed by atoms with Crippen molar-refractivity contribution in [2.45, 2.75) is 18.8 Å². The van der Waals surface area contributed by atoms with Crippen LogP contribution >= 0.6 is 0 Å². The van der Waals surface area contributed by atoms with Gasteiger partial charge in [-0.3, -0.25) is 19.6 Å². The van der Waals surface area contributed by atoms with Crippen molar-refractivity contribution < 1.29 is 4.79 Å². The highest BCUT2D eigenvalue weighted by molar-refractivity contribution is 5.92. The van der Waals surface area contributed by atoms with Crippen LogP contribution in [0.1, 0.15) is 34.9 Å². The molecule has 0 spiro atoms. The monoisotopic (exact) mass is 362 g/mol. The average Bonchev–Trinajstić information content (AvgIpc) is 2.74. The van der Waals surface area contributed by atoms with Gasteiger partial charge >= 0.3 is 0 Å². The fourth-order valence-corrected chi connectivity index (χ4v) is 3.26. The molecule has 8 nitrogen and oxygen atoms in total. The lowest BCUT2D eigenvalue weighted by molar-refractivity contribution is 0.0706. The molecule has 0 bridgehead atoms. The Bertz CT molecular complexity index is 982. The summed E-state index contributed by atoms with van der Waals surface area (Å²) in [7, 11) is 0. The van der Waals surface area contributed by atoms with Crippen LogP contribution in [0.4, 0.5) is 0 Å². The van der Waals surface area contributed by atoms with E-state index in [1.165, 1.54) is 6.07 Å². The molecule has 1 fully saturated rings. The van der Waals surface area contributed by atoms with Gasteiger partial charge in [-0.1, -0.05) is 6.07 Å². The molecule has 0 aliphatic carbocycles. The number of carbonyl (C=O) groups is 1. The molecule has 1 N–H and O–H groups in total. The van der Waals surface area contributed by atoms with Gasteiger partial charge in [0.2, 0.25) is 0 Å². The quantitative estimate of drug-likeness (QED) is 0.759. The summed E-state index contributed by atoms with van der Waals surface area (Å²) < 4.78 is 0. The van der Waals surface area contributed by atoms with Crippen LogP contribution in [-0.4, -0.2) is 48.8 Å². The largest absolute Gasteiger partial charge is 0.337 e. The van der Waals surface area contributed by atoms with Crippen LogP contribution in [0.25, 0.3) is 11.5 Å². The fraction of sp³-hybridized carbons (Fsp3) is 0.263. The van der Waals surface area contributed by atoms with Gasteiger partial charge in [0.1, 0.15) is 11.4 Å². The van der Waals surface area contributed by atoms with Gasteiger partial charge in [0.15, 0.2) is 5.82 Å². The summed E-state index contributed by atoms with van der Waals surface area (Å²) in [6.45, 7) is 1.21. The number of pyridine rings is 1. The number of likely N-dealkylation sites (tertiary alicyclic amines) is 1. The molecule has 8 heteroatoms. The van der Waals surface area contributed by atoms with Gasteiger partial charge in [-0.15, -0.1) is 0 Å². The summed E-state index contributed by atoms with van der Waals surface area (Å²) in [5.74, 6) is 0.473. The van der Waals surface area contributed by atoms with Crippen LogP contribution < -0.4 is 5.56 Å². The van der Waals surface area contributed by atoms with E-state index < -0.39 is 0 Å². The number of nitrogens with one attached hydrogen (secondary N) is 1. The molecule has 0 atom stereocenters. The zero-order valence-electron chi connectivity index (χ0n) is 14.6. The molecule has 3 aromatic heterocycles. The lowest BCUT2D eigenvalue weighted by Crippen LogP contribution is -2.38. The summed E-state index contributed by atoms with van der Waals surface area (Å²) in [6.07, 6.45) is 7.80. The van der Waals surface area contributed by atoms with E-state index in [0.717, 1.165) is 18.5 Å². The number of carbonyl (C=O) groups excluding carboxylic acids is 1. The molecule has 1 saturated heterocycles. The molecule has 0 unspecified atom stereocenters. The molecule has 1 aliphatic heterocycles. The second-order valence-electron chi connectivity index (χ2n) is 6.39. The van der Waals surface area contributed by atoms with E-state index in [1.807, 2.05) is 0 Å². The van der Waals surface area contributed by atoms with Gasteiger partial charge in [0.05, 0.1) is 11.9 Å². The third-order valence-electron chi connectivity index (χ3n) is 4.65. The molecule has 3 aromatic rings. The topological polar surface area (TPSA) is 105 Å². The predicted octanol–water partition coefficient (Wildman–Crippen LogP) is 1.64. The highest BCUT2D eigenvalue weighted by Crippen LogP contribution is 2.27. The molecule has 4 rings (SSSR count). The van der Waals surface area contributed by atoms with Crippen LogP contribution in [0.3, 0.4) is 0 Å². The third-order valence-corrected chi connectivity index (χ3v) is 4.65. The van der Waals surface area contributed by atoms with Crippen LogP contribution in [0.2, 0.25) is 0 Å². The Kier molecular flexibility index (Phi) is 4.69. The van der Waals surface area contributed by atoms with Gasteiger partial charge in [0, 0.05) is 43.7 Å². The van der Waals surface area contributed by atoms with Crippen molar-refractivity contribution in [3.05, 3.63) is 70.8 Å². The standard InChI is InChI=1S/C19H18N6O2/c26-17-11-15(23-18(24-17)16-12-20-7-8-22-16)13-4-9-25(10-5-13)19(27)14-3-1-2-6-21-14/h1-3,6-8,11-13H,4-5,9-10H2,(H,23,24,26). The molecule has 0 aromatic carbocycles. The maximum absolute atomic E-state index is 12.5. The number of amides is 1. The first-order valence-corrected chi connectivity index (χ1v) is 8.78. The van der Waals surface area contributed by atoms with Crippen LogP contribution in [0.15, 0.2) is 53.8 Å². The molecule has 0 saturated carbocycles. The van der Waals surface area contributed by atoms with Crippen molar-refractivity contribution in [2.75, 3.05) is 13.1 Å². The minimum absolute atomic E-state index is 0.0619. The number of rotatable bonds is 3. The Hall–Kier alpha value is -3.42. The minimum Gasteiger partial charge on any atom is -0.337 e. The first-order chi connectivity index (χ1) is 13.2. The maximum atomic E-state index is 12.5. The number of nitrogens with zero attached hydrogens (tertiary/aromatic N) is 5. The Labute approximate surface area is 155 Å². The Morgan fingerprint density at radius 3 is 2.67 bits per heavy atom. The van der Waals surface area contributed by atoms with Crippen molar-refractivity contribution in [3.8, 4) is 11.5 Å². The second-order valence-corrected chi connectivity index (χ2v) is 6.39. The smallest absolute Gasteiger partial charge is 0.272 e. The highest BCUT2D eigenvalue weighted by Gasteiger charge is 2.26. The van der Waals surface area contributed by atoms with Crippen molar-refractivity contribution in [1.82, 2.24) is 29.8 Å². The number of aromatic amines is 1. The maximum Gasteiger partial charge on any atom is 0.272 e. The Morgan fingerprint density at radius 1 is 1.11 bits per heavy atom. The van der Waals surface area contributed by atoms with E-state index in [0.29, 0.717) is 30.3 Å². The summed E-state index contributed by atoms with van der Waals surface area (Å²) >= 11 is 0. The minimum atomic E-state index is -0.215. The Morgan fingerprint density at radius 2 is 1.96 bits per heavy atom. The molecular weight excluding hydrogens is 344 g/mol. The summed E-state index contributed by atoms with van der Waals surface area (Å²) in [4.78, 5) is 46.0.